The van der Waals surface area contributed by atoms with Crippen LogP contribution >= 0.6 is 11.6 Å². The number of carbonyl (C=O) groups excluding carboxylic acids is 2. The predicted octanol–water partition coefficient (Wildman–Crippen LogP) is 3.59. The molecule has 0 bridgehead atoms. The summed E-state index contributed by atoms with van der Waals surface area (Å²) in [5.74, 6) is 0.802. The summed E-state index contributed by atoms with van der Waals surface area (Å²) in [4.78, 5) is 26.9. The molecule has 4 rings (SSSR count). The Morgan fingerprint density at radius 1 is 1.14 bits per heavy atom. The average molecular weight is 415 g/mol. The number of hydrogen-bond acceptors (Lipinski definition) is 4. The summed E-state index contributed by atoms with van der Waals surface area (Å²) in [5.41, 5.74) is 1.34. The van der Waals surface area contributed by atoms with Crippen LogP contribution in [-0.2, 0) is 4.79 Å². The standard InChI is InChI=1S/C22H23ClN2O4/c23-17-12-16(13-19-21(17)29-11-5-10-28-19)22(27)24-18(15-6-2-1-3-7-15)14-25-9-4-8-20(25)26/h1-3,6-7,12-13,18H,4-5,8-11,14H2,(H,24,27)/t18-/m0/s1. The number of likely N-dealkylation sites (tertiary alicyclic amines) is 1. The van der Waals surface area contributed by atoms with Gasteiger partial charge in [0.05, 0.1) is 24.3 Å². The molecule has 0 saturated carbocycles. The van der Waals surface area contributed by atoms with Crippen LogP contribution in [0.4, 0.5) is 0 Å². The number of amides is 2. The first kappa shape index (κ1) is 19.6. The van der Waals surface area contributed by atoms with Crippen molar-refractivity contribution in [2.75, 3.05) is 26.3 Å². The first-order chi connectivity index (χ1) is 14.1. The SMILES string of the molecule is O=C(N[C@@H](CN1CCCC1=O)c1ccccc1)c1cc(Cl)c2c(c1)OCCCO2. The van der Waals surface area contributed by atoms with Crippen molar-refractivity contribution in [2.45, 2.75) is 25.3 Å². The van der Waals surface area contributed by atoms with E-state index in [1.807, 2.05) is 30.3 Å². The van der Waals surface area contributed by atoms with Gasteiger partial charge in [0.2, 0.25) is 5.91 Å². The second-order valence-electron chi connectivity index (χ2n) is 7.22. The van der Waals surface area contributed by atoms with Crippen molar-refractivity contribution >= 4 is 23.4 Å². The number of benzene rings is 2. The number of halogens is 1. The summed E-state index contributed by atoms with van der Waals surface area (Å²) >= 11 is 6.34. The lowest BCUT2D eigenvalue weighted by molar-refractivity contribution is -0.128. The highest BCUT2D eigenvalue weighted by molar-refractivity contribution is 6.32. The molecule has 0 radical (unpaired) electrons. The molecular formula is C22H23ClN2O4. The van der Waals surface area contributed by atoms with Gasteiger partial charge in [-0.15, -0.1) is 0 Å². The normalized spacial score (nSPS) is 17.0. The van der Waals surface area contributed by atoms with Gasteiger partial charge >= 0.3 is 0 Å². The molecule has 1 saturated heterocycles. The maximum Gasteiger partial charge on any atom is 0.252 e. The molecule has 7 heteroatoms. The summed E-state index contributed by atoms with van der Waals surface area (Å²) in [6.45, 7) is 2.19. The Morgan fingerprint density at radius 3 is 2.69 bits per heavy atom. The Kier molecular flexibility index (Phi) is 5.90. The minimum atomic E-state index is -0.319. The maximum absolute atomic E-state index is 13.0. The number of fused-ring (bicyclic) bond motifs is 1. The van der Waals surface area contributed by atoms with Crippen molar-refractivity contribution in [3.05, 3.63) is 58.6 Å². The quantitative estimate of drug-likeness (QED) is 0.811. The van der Waals surface area contributed by atoms with E-state index in [1.165, 1.54) is 0 Å². The van der Waals surface area contributed by atoms with Gasteiger partial charge in [0.15, 0.2) is 11.5 Å². The van der Waals surface area contributed by atoms with Crippen LogP contribution in [0.2, 0.25) is 5.02 Å². The van der Waals surface area contributed by atoms with Crippen LogP contribution in [0.15, 0.2) is 42.5 Å². The number of ether oxygens (including phenoxy) is 2. The molecule has 0 aliphatic carbocycles. The van der Waals surface area contributed by atoms with Crippen LogP contribution in [0.5, 0.6) is 11.5 Å². The Morgan fingerprint density at radius 2 is 1.93 bits per heavy atom. The van der Waals surface area contributed by atoms with E-state index in [2.05, 4.69) is 5.32 Å². The lowest BCUT2D eigenvalue weighted by atomic mass is 10.1. The minimum Gasteiger partial charge on any atom is -0.489 e. The molecule has 2 aromatic carbocycles. The van der Waals surface area contributed by atoms with Crippen molar-refractivity contribution in [3.63, 3.8) is 0 Å². The van der Waals surface area contributed by atoms with Crippen LogP contribution < -0.4 is 14.8 Å². The second kappa shape index (κ2) is 8.74. The van der Waals surface area contributed by atoms with Crippen molar-refractivity contribution in [2.24, 2.45) is 0 Å². The Balaban J connectivity index is 1.57. The van der Waals surface area contributed by atoms with E-state index in [-0.39, 0.29) is 17.9 Å². The fourth-order valence-electron chi connectivity index (χ4n) is 3.64. The smallest absolute Gasteiger partial charge is 0.252 e. The third kappa shape index (κ3) is 4.48. The zero-order valence-electron chi connectivity index (χ0n) is 16.0. The van der Waals surface area contributed by atoms with Crippen LogP contribution in [-0.4, -0.2) is 43.0 Å². The molecule has 2 aliphatic heterocycles. The molecule has 1 atom stereocenters. The fourth-order valence-corrected chi connectivity index (χ4v) is 3.91. The summed E-state index contributed by atoms with van der Waals surface area (Å²) in [6.07, 6.45) is 2.17. The molecule has 6 nitrogen and oxygen atoms in total. The largest absolute Gasteiger partial charge is 0.489 e. The summed E-state index contributed by atoms with van der Waals surface area (Å²) in [5, 5.41) is 3.41. The number of rotatable bonds is 5. The lowest BCUT2D eigenvalue weighted by Gasteiger charge is -2.25. The van der Waals surface area contributed by atoms with Crippen molar-refractivity contribution < 1.29 is 19.1 Å². The molecule has 1 fully saturated rings. The highest BCUT2D eigenvalue weighted by Gasteiger charge is 2.26. The van der Waals surface area contributed by atoms with Crippen LogP contribution in [0.25, 0.3) is 0 Å². The third-order valence-corrected chi connectivity index (χ3v) is 5.43. The van der Waals surface area contributed by atoms with Gasteiger partial charge in [-0.05, 0) is 24.1 Å². The Hall–Kier alpha value is -2.73. The number of hydrogen-bond donors (Lipinski definition) is 1. The average Bonchev–Trinajstić information content (AvgIpc) is 2.98. The lowest BCUT2D eigenvalue weighted by Crippen LogP contribution is -2.38. The molecule has 29 heavy (non-hydrogen) atoms. The van der Waals surface area contributed by atoms with Gasteiger partial charge in [0.1, 0.15) is 0 Å². The number of carbonyl (C=O) groups is 2. The third-order valence-electron chi connectivity index (χ3n) is 5.15. The van der Waals surface area contributed by atoms with Gasteiger partial charge < -0.3 is 19.7 Å². The first-order valence-corrected chi connectivity index (χ1v) is 10.2. The molecule has 2 aromatic rings. The first-order valence-electron chi connectivity index (χ1n) is 9.84. The predicted molar refractivity (Wildman–Crippen MR) is 110 cm³/mol. The van der Waals surface area contributed by atoms with Gasteiger partial charge in [-0.3, -0.25) is 9.59 Å². The molecular weight excluding hydrogens is 392 g/mol. The minimum absolute atomic E-state index is 0.124. The van der Waals surface area contributed by atoms with Gasteiger partial charge in [0, 0.05) is 31.5 Å². The van der Waals surface area contributed by atoms with Crippen LogP contribution in [0.1, 0.15) is 41.2 Å². The van der Waals surface area contributed by atoms with Crippen molar-refractivity contribution in [1.29, 1.82) is 0 Å². The fraction of sp³-hybridized carbons (Fsp3) is 0.364. The van der Waals surface area contributed by atoms with Crippen molar-refractivity contribution in [1.82, 2.24) is 10.2 Å². The highest BCUT2D eigenvalue weighted by Crippen LogP contribution is 2.38. The van der Waals surface area contributed by atoms with E-state index in [4.69, 9.17) is 21.1 Å². The molecule has 152 valence electrons. The molecule has 1 N–H and O–H groups in total. The summed E-state index contributed by atoms with van der Waals surface area (Å²) in [6, 6.07) is 12.6. The van der Waals surface area contributed by atoms with Gasteiger partial charge in [-0.1, -0.05) is 41.9 Å². The van der Waals surface area contributed by atoms with E-state index >= 15 is 0 Å². The number of nitrogens with zero attached hydrogens (tertiary/aromatic N) is 1. The highest BCUT2D eigenvalue weighted by atomic mass is 35.5. The Bertz CT molecular complexity index is 903. The Labute approximate surface area is 174 Å². The van der Waals surface area contributed by atoms with E-state index in [1.54, 1.807) is 17.0 Å². The molecule has 0 aromatic heterocycles. The van der Waals surface area contributed by atoms with Crippen LogP contribution in [0, 0.1) is 0 Å². The van der Waals surface area contributed by atoms with Crippen LogP contribution in [0.3, 0.4) is 0 Å². The monoisotopic (exact) mass is 414 g/mol. The van der Waals surface area contributed by atoms with E-state index in [9.17, 15) is 9.59 Å². The van der Waals surface area contributed by atoms with Crippen molar-refractivity contribution in [3.8, 4) is 11.5 Å². The molecule has 2 aliphatic rings. The molecule has 2 amide bonds. The summed E-state index contributed by atoms with van der Waals surface area (Å²) < 4.78 is 11.3. The topological polar surface area (TPSA) is 67.9 Å². The zero-order valence-corrected chi connectivity index (χ0v) is 16.8. The number of nitrogens with one attached hydrogen (secondary N) is 1. The zero-order chi connectivity index (χ0) is 20.2. The molecule has 0 unspecified atom stereocenters. The summed E-state index contributed by atoms with van der Waals surface area (Å²) in [7, 11) is 0. The second-order valence-corrected chi connectivity index (χ2v) is 7.62. The van der Waals surface area contributed by atoms with E-state index < -0.39 is 0 Å². The van der Waals surface area contributed by atoms with E-state index in [0.717, 1.165) is 18.4 Å². The van der Waals surface area contributed by atoms with Gasteiger partial charge in [0.25, 0.3) is 5.91 Å². The maximum atomic E-state index is 13.0. The molecule has 0 spiro atoms. The van der Waals surface area contributed by atoms with E-state index in [0.29, 0.717) is 54.8 Å². The molecule has 2 heterocycles. The van der Waals surface area contributed by atoms with Gasteiger partial charge in [-0.25, -0.2) is 0 Å². The van der Waals surface area contributed by atoms with Gasteiger partial charge in [-0.2, -0.15) is 0 Å².